The number of benzene rings is 3. The third-order valence-electron chi connectivity index (χ3n) is 6.21. The number of rotatable bonds is 7. The molecule has 5 heteroatoms. The molecule has 34 heavy (non-hydrogen) atoms. The summed E-state index contributed by atoms with van der Waals surface area (Å²) in [6.07, 6.45) is 6.99. The fourth-order valence-electron chi connectivity index (χ4n) is 4.32. The van der Waals surface area contributed by atoms with Gasteiger partial charge in [0.1, 0.15) is 12.4 Å². The number of hydrogen-bond donors (Lipinski definition) is 1. The SMILES string of the molecule is Nc1cccc(OCc2ccc(-c3ccc(C[n+]4ccc(N5CCCC5)cc4)cc3)cc2)c1.[Br-]. The van der Waals surface area contributed by atoms with Crippen LogP contribution in [0.1, 0.15) is 24.0 Å². The van der Waals surface area contributed by atoms with Gasteiger partial charge in [0.2, 0.25) is 0 Å². The molecule has 0 spiro atoms. The third kappa shape index (κ3) is 5.97. The number of hydrogen-bond acceptors (Lipinski definition) is 3. The monoisotopic (exact) mass is 515 g/mol. The summed E-state index contributed by atoms with van der Waals surface area (Å²) in [5.41, 5.74) is 12.7. The fourth-order valence-corrected chi connectivity index (χ4v) is 4.32. The quantitative estimate of drug-likeness (QED) is 0.303. The Morgan fingerprint density at radius 2 is 1.38 bits per heavy atom. The molecule has 2 heterocycles. The maximum atomic E-state index is 5.84. The van der Waals surface area contributed by atoms with Crippen LogP contribution in [0.2, 0.25) is 0 Å². The first-order valence-corrected chi connectivity index (χ1v) is 11.6. The molecule has 2 N–H and O–H groups in total. The van der Waals surface area contributed by atoms with Crippen molar-refractivity contribution in [3.05, 3.63) is 108 Å². The van der Waals surface area contributed by atoms with E-state index >= 15 is 0 Å². The van der Waals surface area contributed by atoms with Gasteiger partial charge in [-0.2, -0.15) is 0 Å². The molecule has 0 amide bonds. The number of anilines is 2. The van der Waals surface area contributed by atoms with E-state index in [4.69, 9.17) is 10.5 Å². The van der Waals surface area contributed by atoms with Crippen molar-refractivity contribution in [2.24, 2.45) is 0 Å². The molecule has 0 bridgehead atoms. The smallest absolute Gasteiger partial charge is 0.173 e. The molecular weight excluding hydrogens is 486 g/mol. The Morgan fingerprint density at radius 3 is 2.00 bits per heavy atom. The molecule has 5 rings (SSSR count). The lowest BCUT2D eigenvalue weighted by atomic mass is 10.0. The number of nitrogen functional groups attached to an aromatic ring is 1. The predicted molar refractivity (Wildman–Crippen MR) is 134 cm³/mol. The van der Waals surface area contributed by atoms with Crippen LogP contribution in [0.3, 0.4) is 0 Å². The summed E-state index contributed by atoms with van der Waals surface area (Å²) >= 11 is 0. The first-order chi connectivity index (χ1) is 16.2. The van der Waals surface area contributed by atoms with Crippen molar-refractivity contribution in [3.63, 3.8) is 0 Å². The number of halogens is 1. The third-order valence-corrected chi connectivity index (χ3v) is 6.21. The number of nitrogens with two attached hydrogens (primary N) is 1. The topological polar surface area (TPSA) is 42.4 Å². The molecular formula is C29H30BrN3O. The van der Waals surface area contributed by atoms with Gasteiger partial charge in [0.15, 0.2) is 18.9 Å². The van der Waals surface area contributed by atoms with Crippen LogP contribution in [0.25, 0.3) is 11.1 Å². The van der Waals surface area contributed by atoms with Crippen LogP contribution in [-0.2, 0) is 13.2 Å². The summed E-state index contributed by atoms with van der Waals surface area (Å²) in [7, 11) is 0. The van der Waals surface area contributed by atoms with E-state index in [9.17, 15) is 0 Å². The molecule has 1 aromatic heterocycles. The Hall–Kier alpha value is -3.31. The molecule has 3 aromatic carbocycles. The van der Waals surface area contributed by atoms with Crippen molar-refractivity contribution in [1.29, 1.82) is 0 Å². The van der Waals surface area contributed by atoms with Gasteiger partial charge in [0.25, 0.3) is 0 Å². The van der Waals surface area contributed by atoms with E-state index in [1.165, 1.54) is 48.3 Å². The van der Waals surface area contributed by atoms with Crippen molar-refractivity contribution in [2.75, 3.05) is 23.7 Å². The minimum Gasteiger partial charge on any atom is -1.00 e. The van der Waals surface area contributed by atoms with Gasteiger partial charge in [0.05, 0.1) is 0 Å². The zero-order chi connectivity index (χ0) is 22.5. The molecule has 0 unspecified atom stereocenters. The highest BCUT2D eigenvalue weighted by molar-refractivity contribution is 5.64. The molecule has 174 valence electrons. The lowest BCUT2D eigenvalue weighted by molar-refractivity contribution is -0.688. The Balaban J connectivity index is 0.00000274. The Labute approximate surface area is 212 Å². The lowest BCUT2D eigenvalue weighted by Gasteiger charge is -2.16. The molecule has 1 saturated heterocycles. The number of pyridine rings is 1. The summed E-state index contributed by atoms with van der Waals surface area (Å²) in [6.45, 7) is 3.76. The van der Waals surface area contributed by atoms with Gasteiger partial charge in [-0.25, -0.2) is 4.57 Å². The second kappa shape index (κ2) is 11.2. The average Bonchev–Trinajstić information content (AvgIpc) is 3.39. The van der Waals surface area contributed by atoms with Gasteiger partial charge in [-0.1, -0.05) is 54.6 Å². The zero-order valence-electron chi connectivity index (χ0n) is 19.2. The van der Waals surface area contributed by atoms with E-state index in [1.807, 2.05) is 24.3 Å². The van der Waals surface area contributed by atoms with Gasteiger partial charge in [-0.05, 0) is 41.7 Å². The van der Waals surface area contributed by atoms with Gasteiger partial charge in [-0.15, -0.1) is 0 Å². The van der Waals surface area contributed by atoms with Crippen molar-refractivity contribution in [2.45, 2.75) is 26.0 Å². The predicted octanol–water partition coefficient (Wildman–Crippen LogP) is 2.45. The van der Waals surface area contributed by atoms with Crippen LogP contribution in [0, 0.1) is 0 Å². The van der Waals surface area contributed by atoms with Crippen LogP contribution < -0.4 is 36.9 Å². The molecule has 4 aromatic rings. The summed E-state index contributed by atoms with van der Waals surface area (Å²) in [4.78, 5) is 2.47. The van der Waals surface area contributed by atoms with Gasteiger partial charge in [-0.3, -0.25) is 0 Å². The number of aromatic nitrogens is 1. The molecule has 4 nitrogen and oxygen atoms in total. The van der Waals surface area contributed by atoms with Crippen molar-refractivity contribution < 1.29 is 26.3 Å². The molecule has 0 saturated carbocycles. The van der Waals surface area contributed by atoms with E-state index in [0.717, 1.165) is 17.9 Å². The van der Waals surface area contributed by atoms with Crippen LogP contribution in [0.15, 0.2) is 97.3 Å². The standard InChI is InChI=1S/C29H30N3O.BrH/c30-27-4-3-5-29(20-27)33-22-24-8-12-26(13-9-24)25-10-6-23(7-11-25)21-31-18-14-28(15-19-31)32-16-1-2-17-32;/h3-15,18-20H,1-2,16-17,21-22,30H2;1H/q+1;/p-1. The second-order valence-electron chi connectivity index (χ2n) is 8.68. The van der Waals surface area contributed by atoms with Crippen LogP contribution in [0.4, 0.5) is 11.4 Å². The van der Waals surface area contributed by atoms with E-state index in [2.05, 4.69) is 82.5 Å². The zero-order valence-corrected chi connectivity index (χ0v) is 20.8. The van der Waals surface area contributed by atoms with Crippen molar-refractivity contribution in [3.8, 4) is 16.9 Å². The van der Waals surface area contributed by atoms with E-state index < -0.39 is 0 Å². The summed E-state index contributed by atoms with van der Waals surface area (Å²) in [6, 6.07) is 29.4. The largest absolute Gasteiger partial charge is 1.00 e. The van der Waals surface area contributed by atoms with Crippen molar-refractivity contribution >= 4 is 11.4 Å². The maximum Gasteiger partial charge on any atom is 0.173 e. The second-order valence-corrected chi connectivity index (χ2v) is 8.68. The van der Waals surface area contributed by atoms with E-state index in [0.29, 0.717) is 12.3 Å². The minimum atomic E-state index is 0. The Kier molecular flexibility index (Phi) is 7.86. The minimum absolute atomic E-state index is 0. The van der Waals surface area contributed by atoms with Crippen molar-refractivity contribution in [1.82, 2.24) is 0 Å². The fraction of sp³-hybridized carbons (Fsp3) is 0.207. The normalized spacial score (nSPS) is 12.9. The van der Waals surface area contributed by atoms with Gasteiger partial charge < -0.3 is 32.4 Å². The van der Waals surface area contributed by atoms with Crippen LogP contribution in [0.5, 0.6) is 5.75 Å². The van der Waals surface area contributed by atoms with Gasteiger partial charge in [0, 0.05) is 48.2 Å². The number of nitrogens with zero attached hydrogens (tertiary/aromatic N) is 2. The van der Waals surface area contributed by atoms with E-state index in [-0.39, 0.29) is 17.0 Å². The molecule has 0 aliphatic carbocycles. The number of ether oxygens (including phenoxy) is 1. The first kappa shape index (κ1) is 23.8. The highest BCUT2D eigenvalue weighted by atomic mass is 79.9. The summed E-state index contributed by atoms with van der Waals surface area (Å²) in [5, 5.41) is 0. The van der Waals surface area contributed by atoms with Crippen LogP contribution in [-0.4, -0.2) is 13.1 Å². The lowest BCUT2D eigenvalue weighted by Crippen LogP contribution is -3.00. The van der Waals surface area contributed by atoms with E-state index in [1.54, 1.807) is 0 Å². The maximum absolute atomic E-state index is 5.84. The molecule has 1 aliphatic heterocycles. The molecule has 1 aliphatic rings. The average molecular weight is 516 g/mol. The Bertz CT molecular complexity index is 1190. The molecule has 1 fully saturated rings. The highest BCUT2D eigenvalue weighted by Gasteiger charge is 2.13. The highest BCUT2D eigenvalue weighted by Crippen LogP contribution is 2.22. The van der Waals surface area contributed by atoms with Crippen LogP contribution >= 0.6 is 0 Å². The van der Waals surface area contributed by atoms with Gasteiger partial charge >= 0.3 is 0 Å². The Morgan fingerprint density at radius 1 is 0.765 bits per heavy atom. The molecule has 0 radical (unpaired) electrons. The first-order valence-electron chi connectivity index (χ1n) is 11.6. The molecule has 0 atom stereocenters. The summed E-state index contributed by atoms with van der Waals surface area (Å²) in [5.74, 6) is 0.790. The summed E-state index contributed by atoms with van der Waals surface area (Å²) < 4.78 is 8.08.